The predicted octanol–water partition coefficient (Wildman–Crippen LogP) is 5.35. The van der Waals surface area contributed by atoms with Crippen LogP contribution < -0.4 is 25.2 Å². The highest BCUT2D eigenvalue weighted by molar-refractivity contribution is 5.94. The van der Waals surface area contributed by atoms with Crippen molar-refractivity contribution in [1.82, 2.24) is 9.97 Å². The van der Waals surface area contributed by atoms with Gasteiger partial charge in [0.25, 0.3) is 0 Å². The van der Waals surface area contributed by atoms with E-state index in [1.54, 1.807) is 19.2 Å². The van der Waals surface area contributed by atoms with Gasteiger partial charge < -0.3 is 30.3 Å². The predicted molar refractivity (Wildman–Crippen MR) is 160 cm³/mol. The maximum absolute atomic E-state index is 10.5. The Morgan fingerprint density at radius 2 is 1.49 bits per heavy atom. The average molecular weight is 521 g/mol. The number of aromatic hydroxyl groups is 1. The number of fused-ring (bicyclic) bond motifs is 2. The van der Waals surface area contributed by atoms with Gasteiger partial charge in [0.2, 0.25) is 5.95 Å². The number of rotatable bonds is 8. The Balaban J connectivity index is 1.21. The molecule has 0 radical (unpaired) electrons. The third kappa shape index (κ3) is 5.18. The van der Waals surface area contributed by atoms with E-state index < -0.39 is 0 Å². The van der Waals surface area contributed by atoms with Crippen molar-refractivity contribution in [3.63, 3.8) is 0 Å². The number of anilines is 4. The van der Waals surface area contributed by atoms with Crippen LogP contribution in [0.25, 0.3) is 21.7 Å². The largest absolute Gasteiger partial charge is 0.504 e. The van der Waals surface area contributed by atoms with Gasteiger partial charge in [-0.05, 0) is 29.7 Å². The van der Waals surface area contributed by atoms with Crippen molar-refractivity contribution >= 4 is 44.8 Å². The van der Waals surface area contributed by atoms with Crippen LogP contribution >= 0.6 is 0 Å². The van der Waals surface area contributed by atoms with Crippen LogP contribution in [0.5, 0.6) is 11.5 Å². The summed E-state index contributed by atoms with van der Waals surface area (Å²) in [6.45, 7) is 4.75. The van der Waals surface area contributed by atoms with Gasteiger partial charge in [0, 0.05) is 67.5 Å². The summed E-state index contributed by atoms with van der Waals surface area (Å²) in [5.41, 5.74) is 3.01. The van der Waals surface area contributed by atoms with Crippen LogP contribution in [0, 0.1) is 0 Å². The van der Waals surface area contributed by atoms with E-state index >= 15 is 0 Å². The Hall–Kier alpha value is -4.72. The van der Waals surface area contributed by atoms with Crippen LogP contribution in [-0.4, -0.2) is 61.5 Å². The van der Waals surface area contributed by atoms with Crippen LogP contribution in [0.15, 0.2) is 84.9 Å². The molecule has 1 aliphatic heterocycles. The molecule has 0 spiro atoms. The molecule has 1 aromatic heterocycles. The average Bonchev–Trinajstić information content (AvgIpc) is 2.99. The van der Waals surface area contributed by atoms with Crippen molar-refractivity contribution < 1.29 is 9.84 Å². The molecule has 0 bridgehead atoms. The van der Waals surface area contributed by atoms with E-state index in [0.29, 0.717) is 30.3 Å². The number of hydrogen-bond donors (Lipinski definition) is 3. The lowest BCUT2D eigenvalue weighted by molar-refractivity contribution is 0.374. The second-order valence-electron chi connectivity index (χ2n) is 9.60. The fourth-order valence-corrected chi connectivity index (χ4v) is 5.13. The normalized spacial score (nSPS) is 13.6. The van der Waals surface area contributed by atoms with Crippen LogP contribution in [0.4, 0.5) is 23.1 Å². The summed E-state index contributed by atoms with van der Waals surface area (Å²) in [5, 5.41) is 20.7. The second kappa shape index (κ2) is 10.9. The molecule has 39 heavy (non-hydrogen) atoms. The van der Waals surface area contributed by atoms with Gasteiger partial charge in [-0.3, -0.25) is 0 Å². The molecule has 1 saturated heterocycles. The highest BCUT2D eigenvalue weighted by Crippen LogP contribution is 2.34. The molecule has 198 valence electrons. The van der Waals surface area contributed by atoms with Crippen molar-refractivity contribution in [2.24, 2.45) is 0 Å². The lowest BCUT2D eigenvalue weighted by Gasteiger charge is -2.36. The lowest BCUT2D eigenvalue weighted by atomic mass is 10.1. The third-order valence-electron chi connectivity index (χ3n) is 7.19. The molecule has 1 fully saturated rings. The van der Waals surface area contributed by atoms with Gasteiger partial charge in [0.1, 0.15) is 5.82 Å². The molecule has 8 nitrogen and oxygen atoms in total. The van der Waals surface area contributed by atoms with Crippen molar-refractivity contribution in [2.75, 3.05) is 66.8 Å². The maximum atomic E-state index is 10.5. The van der Waals surface area contributed by atoms with E-state index in [9.17, 15) is 5.11 Å². The molecule has 5 aromatic rings. The lowest BCUT2D eigenvalue weighted by Crippen LogP contribution is -2.47. The van der Waals surface area contributed by atoms with Gasteiger partial charge in [-0.15, -0.1) is 0 Å². The molecule has 3 N–H and O–H groups in total. The number of aromatic nitrogens is 2. The number of phenolic OH excluding ortho intramolecular Hbond substituents is 1. The third-order valence-corrected chi connectivity index (χ3v) is 7.19. The fraction of sp³-hybridized carbons (Fsp3) is 0.226. The summed E-state index contributed by atoms with van der Waals surface area (Å²) in [4.78, 5) is 14.4. The SMILES string of the molecule is COc1cc2c(NCCNc3cccc4ccccc34)nc(N3CCN(c4ccccc4)CC3)nc2cc1O. The monoisotopic (exact) mass is 520 g/mol. The molecule has 8 heteroatoms. The Bertz CT molecular complexity index is 1580. The van der Waals surface area contributed by atoms with Gasteiger partial charge in [-0.2, -0.15) is 4.98 Å². The molecule has 0 saturated carbocycles. The maximum Gasteiger partial charge on any atom is 0.228 e. The van der Waals surface area contributed by atoms with E-state index in [1.807, 2.05) is 6.07 Å². The van der Waals surface area contributed by atoms with Crippen molar-refractivity contribution in [3.05, 3.63) is 84.9 Å². The number of methoxy groups -OCH3 is 1. The summed E-state index contributed by atoms with van der Waals surface area (Å²) >= 11 is 0. The molecule has 0 aliphatic carbocycles. The van der Waals surface area contributed by atoms with Gasteiger partial charge in [-0.1, -0.05) is 54.6 Å². The Labute approximate surface area is 227 Å². The first-order valence-corrected chi connectivity index (χ1v) is 13.3. The molecule has 0 unspecified atom stereocenters. The van der Waals surface area contributed by atoms with Crippen molar-refractivity contribution in [2.45, 2.75) is 0 Å². The Kier molecular flexibility index (Phi) is 6.91. The highest BCUT2D eigenvalue weighted by atomic mass is 16.5. The van der Waals surface area contributed by atoms with Gasteiger partial charge >= 0.3 is 0 Å². The molecular formula is C31H32N6O2. The molecule has 6 rings (SSSR count). The topological polar surface area (TPSA) is 85.8 Å². The fourth-order valence-electron chi connectivity index (χ4n) is 5.13. The first-order chi connectivity index (χ1) is 19.2. The van der Waals surface area contributed by atoms with Crippen LogP contribution in [-0.2, 0) is 0 Å². The summed E-state index contributed by atoms with van der Waals surface area (Å²) in [5.74, 6) is 1.84. The van der Waals surface area contributed by atoms with E-state index in [-0.39, 0.29) is 5.75 Å². The molecule has 0 amide bonds. The zero-order valence-corrected chi connectivity index (χ0v) is 22.0. The van der Waals surface area contributed by atoms with Crippen LogP contribution in [0.1, 0.15) is 0 Å². The molecule has 0 atom stereocenters. The number of nitrogens with zero attached hydrogens (tertiary/aromatic N) is 4. The number of piperazine rings is 1. The smallest absolute Gasteiger partial charge is 0.228 e. The minimum atomic E-state index is 0.0621. The van der Waals surface area contributed by atoms with Gasteiger partial charge in [0.15, 0.2) is 11.5 Å². The molecule has 2 heterocycles. The summed E-state index contributed by atoms with van der Waals surface area (Å²) in [6.07, 6.45) is 0. The summed E-state index contributed by atoms with van der Waals surface area (Å²) < 4.78 is 5.37. The molecule has 4 aromatic carbocycles. The number of hydrogen-bond acceptors (Lipinski definition) is 8. The van der Waals surface area contributed by atoms with Crippen LogP contribution in [0.3, 0.4) is 0 Å². The van der Waals surface area contributed by atoms with E-state index in [1.165, 1.54) is 16.5 Å². The van der Waals surface area contributed by atoms with E-state index in [0.717, 1.165) is 43.1 Å². The van der Waals surface area contributed by atoms with Gasteiger partial charge in [0.05, 0.1) is 12.6 Å². The minimum Gasteiger partial charge on any atom is -0.504 e. The zero-order chi connectivity index (χ0) is 26.6. The van der Waals surface area contributed by atoms with E-state index in [4.69, 9.17) is 14.7 Å². The zero-order valence-electron chi connectivity index (χ0n) is 22.0. The molecular weight excluding hydrogens is 488 g/mol. The first-order valence-electron chi connectivity index (χ1n) is 13.3. The van der Waals surface area contributed by atoms with Gasteiger partial charge in [-0.25, -0.2) is 4.98 Å². The quantitative estimate of drug-likeness (QED) is 0.236. The van der Waals surface area contributed by atoms with Crippen LogP contribution in [0.2, 0.25) is 0 Å². The second-order valence-corrected chi connectivity index (χ2v) is 9.60. The van der Waals surface area contributed by atoms with E-state index in [2.05, 4.69) is 87.2 Å². The Morgan fingerprint density at radius 1 is 0.769 bits per heavy atom. The number of benzene rings is 4. The van der Waals surface area contributed by atoms with Crippen molar-refractivity contribution in [1.29, 1.82) is 0 Å². The minimum absolute atomic E-state index is 0.0621. The number of nitrogens with one attached hydrogen (secondary N) is 2. The number of phenols is 1. The summed E-state index contributed by atoms with van der Waals surface area (Å²) in [7, 11) is 1.55. The molecule has 1 aliphatic rings. The summed E-state index contributed by atoms with van der Waals surface area (Å²) in [6, 6.07) is 28.6. The number of para-hydroxylation sites is 1. The number of ether oxygens (including phenoxy) is 1. The first kappa shape index (κ1) is 24.6. The Morgan fingerprint density at radius 3 is 2.31 bits per heavy atom. The van der Waals surface area contributed by atoms with Crippen molar-refractivity contribution in [3.8, 4) is 11.5 Å². The highest BCUT2D eigenvalue weighted by Gasteiger charge is 2.21. The standard InChI is InChI=1S/C31H32N6O2/c1-39-29-20-25-27(21-28(29)38)34-31(37-18-16-36(17-19-37)23-10-3-2-4-11-23)35-30(25)33-15-14-32-26-13-7-9-22-8-5-6-12-24(22)26/h2-13,20-21,32,38H,14-19H2,1H3,(H,33,34,35).